The molecule has 0 saturated carbocycles. The van der Waals surface area contributed by atoms with Crippen molar-refractivity contribution in [2.75, 3.05) is 6.38 Å². The molecule has 4 aromatic carbocycles. The van der Waals surface area contributed by atoms with Crippen molar-refractivity contribution in [3.05, 3.63) is 160 Å². The van der Waals surface area contributed by atoms with E-state index < -0.39 is 0 Å². The Labute approximate surface area is 259 Å². The zero-order valence-corrected chi connectivity index (χ0v) is 25.8. The number of nitrogens with zero attached hydrogens (tertiary/aromatic N) is 2. The highest BCUT2D eigenvalue weighted by molar-refractivity contribution is 6.33. The van der Waals surface area contributed by atoms with Crippen molar-refractivity contribution in [1.82, 2.24) is 0 Å². The highest BCUT2D eigenvalue weighted by Gasteiger charge is 2.09. The van der Waals surface area contributed by atoms with Crippen LogP contribution in [0.1, 0.15) is 34.7 Å². The third-order valence-electron chi connectivity index (χ3n) is 6.08. The van der Waals surface area contributed by atoms with Gasteiger partial charge in [-0.1, -0.05) is 126 Å². The first-order valence-electron chi connectivity index (χ1n) is 13.1. The van der Waals surface area contributed by atoms with Gasteiger partial charge < -0.3 is 0 Å². The van der Waals surface area contributed by atoms with E-state index in [-0.39, 0.29) is 0 Å². The minimum absolute atomic E-state index is 0.434. The molecule has 5 heteroatoms. The first-order valence-corrected chi connectivity index (χ1v) is 14.6. The van der Waals surface area contributed by atoms with Crippen LogP contribution in [0.4, 0.5) is 0 Å². The summed E-state index contributed by atoms with van der Waals surface area (Å²) in [6.07, 6.45) is 6.98. The summed E-state index contributed by atoms with van der Waals surface area (Å²) in [4.78, 5) is 9.73. The SMILES string of the molecule is C=C(Cl)/C=C\C(=C(/C)Cl)c1cc(C=NC(=NCc2ccccc2)c2ccccc2)cc(-c2ccc(C)cc2)c1.CCl. The molecule has 0 aliphatic carbocycles. The predicted molar refractivity (Wildman–Crippen MR) is 182 cm³/mol. The van der Waals surface area contributed by atoms with Crippen molar-refractivity contribution in [1.29, 1.82) is 0 Å². The molecule has 0 fully saturated rings. The second-order valence-electron chi connectivity index (χ2n) is 9.19. The van der Waals surface area contributed by atoms with E-state index in [2.05, 4.69) is 79.7 Å². The van der Waals surface area contributed by atoms with Crippen molar-refractivity contribution < 1.29 is 0 Å². The molecule has 0 spiro atoms. The Kier molecular flexibility index (Phi) is 12.8. The number of aliphatic imine (C=N–C) groups is 2. The fourth-order valence-electron chi connectivity index (χ4n) is 4.06. The molecule has 0 heterocycles. The van der Waals surface area contributed by atoms with Crippen molar-refractivity contribution in [2.45, 2.75) is 20.4 Å². The van der Waals surface area contributed by atoms with Gasteiger partial charge in [0.1, 0.15) is 0 Å². The summed E-state index contributed by atoms with van der Waals surface area (Å²) in [5, 5.41) is 1.09. The van der Waals surface area contributed by atoms with Crippen LogP contribution in [0.5, 0.6) is 0 Å². The molecule has 208 valence electrons. The third kappa shape index (κ3) is 10.0. The lowest BCUT2D eigenvalue weighted by atomic mass is 9.95. The minimum atomic E-state index is 0.434. The summed E-state index contributed by atoms with van der Waals surface area (Å²) in [5.74, 6) is 0.671. The number of alkyl halides is 1. The van der Waals surface area contributed by atoms with Gasteiger partial charge in [-0.05, 0) is 71.5 Å². The van der Waals surface area contributed by atoms with Crippen molar-refractivity contribution in [3.63, 3.8) is 0 Å². The molecule has 4 aromatic rings. The summed E-state index contributed by atoms with van der Waals surface area (Å²) < 4.78 is 0. The van der Waals surface area contributed by atoms with E-state index in [0.29, 0.717) is 22.4 Å². The molecule has 0 N–H and O–H groups in total. The van der Waals surface area contributed by atoms with Gasteiger partial charge in [-0.3, -0.25) is 4.99 Å². The largest absolute Gasteiger partial charge is 0.261 e. The molecular weight excluding hydrogens is 567 g/mol. The number of halogens is 3. The number of rotatable bonds is 8. The Balaban J connectivity index is 0.00000226. The molecule has 0 saturated heterocycles. The topological polar surface area (TPSA) is 24.7 Å². The Bertz CT molecular complexity index is 1550. The van der Waals surface area contributed by atoms with Crippen LogP contribution in [-0.4, -0.2) is 18.4 Å². The van der Waals surface area contributed by atoms with Gasteiger partial charge in [0.2, 0.25) is 0 Å². The van der Waals surface area contributed by atoms with Crippen LogP contribution in [0, 0.1) is 6.92 Å². The van der Waals surface area contributed by atoms with E-state index in [0.717, 1.165) is 39.0 Å². The molecule has 2 nitrogen and oxygen atoms in total. The number of allylic oxidation sites excluding steroid dienone is 5. The quantitative estimate of drug-likeness (QED) is 0.0833. The highest BCUT2D eigenvalue weighted by atomic mass is 35.5. The van der Waals surface area contributed by atoms with E-state index in [9.17, 15) is 0 Å². The van der Waals surface area contributed by atoms with Gasteiger partial charge in [0.05, 0.1) is 6.54 Å². The number of aryl methyl sites for hydroxylation is 1. The summed E-state index contributed by atoms with van der Waals surface area (Å²) >= 11 is 17.2. The van der Waals surface area contributed by atoms with Gasteiger partial charge in [0, 0.05) is 28.2 Å². The first-order chi connectivity index (χ1) is 19.9. The van der Waals surface area contributed by atoms with Crippen LogP contribution >= 0.6 is 34.8 Å². The molecule has 0 unspecified atom stereocenters. The van der Waals surface area contributed by atoms with Gasteiger partial charge in [-0.25, -0.2) is 4.99 Å². The average molecular weight is 600 g/mol. The van der Waals surface area contributed by atoms with E-state index in [1.54, 1.807) is 6.08 Å². The number of hydrogen-bond acceptors (Lipinski definition) is 1. The van der Waals surface area contributed by atoms with Crippen LogP contribution < -0.4 is 0 Å². The lowest BCUT2D eigenvalue weighted by Gasteiger charge is -2.11. The zero-order chi connectivity index (χ0) is 29.6. The molecule has 41 heavy (non-hydrogen) atoms. The molecule has 0 aromatic heterocycles. The van der Waals surface area contributed by atoms with Crippen LogP contribution in [-0.2, 0) is 6.54 Å². The van der Waals surface area contributed by atoms with Gasteiger partial charge in [0.15, 0.2) is 5.84 Å². The molecule has 0 aliphatic heterocycles. The summed E-state index contributed by atoms with van der Waals surface area (Å²) in [6.45, 7) is 8.26. The third-order valence-corrected chi connectivity index (χ3v) is 6.40. The number of hydrogen-bond donors (Lipinski definition) is 0. The number of benzene rings is 4. The van der Waals surface area contributed by atoms with E-state index >= 15 is 0 Å². The van der Waals surface area contributed by atoms with Crippen LogP contribution in [0.25, 0.3) is 16.7 Å². The molecule has 0 aliphatic rings. The molecule has 0 amide bonds. The Morgan fingerprint density at radius 2 is 1.39 bits per heavy atom. The maximum Gasteiger partial charge on any atom is 0.154 e. The fourth-order valence-corrected chi connectivity index (χ4v) is 4.29. The Morgan fingerprint density at radius 1 is 0.756 bits per heavy atom. The van der Waals surface area contributed by atoms with Crippen molar-refractivity contribution >= 4 is 52.4 Å². The Hall–Kier alpha value is -3.69. The normalized spacial score (nSPS) is 12.2. The van der Waals surface area contributed by atoms with Crippen LogP contribution in [0.15, 0.2) is 142 Å². The zero-order valence-electron chi connectivity index (χ0n) is 23.5. The highest BCUT2D eigenvalue weighted by Crippen LogP contribution is 2.30. The molecule has 0 bridgehead atoms. The maximum absolute atomic E-state index is 6.54. The first kappa shape index (κ1) is 31.8. The molecular formula is C36H33Cl3N2. The summed E-state index contributed by atoms with van der Waals surface area (Å²) in [7, 11) is 0. The predicted octanol–water partition coefficient (Wildman–Crippen LogP) is 10.9. The van der Waals surface area contributed by atoms with Crippen LogP contribution in [0.2, 0.25) is 0 Å². The fraction of sp³-hybridized carbons (Fsp3) is 0.111. The van der Waals surface area contributed by atoms with Crippen LogP contribution in [0.3, 0.4) is 0 Å². The monoisotopic (exact) mass is 598 g/mol. The number of amidine groups is 1. The van der Waals surface area contributed by atoms with Crippen molar-refractivity contribution in [3.8, 4) is 11.1 Å². The van der Waals surface area contributed by atoms with E-state index in [1.807, 2.05) is 67.7 Å². The lowest BCUT2D eigenvalue weighted by molar-refractivity contribution is 1.06. The Morgan fingerprint density at radius 3 is 2.00 bits per heavy atom. The second kappa shape index (κ2) is 16.5. The van der Waals surface area contributed by atoms with Crippen molar-refractivity contribution in [2.24, 2.45) is 9.98 Å². The minimum Gasteiger partial charge on any atom is -0.261 e. The smallest absolute Gasteiger partial charge is 0.154 e. The summed E-state index contributed by atoms with van der Waals surface area (Å²) in [6, 6.07) is 35.0. The second-order valence-corrected chi connectivity index (χ2v) is 10.2. The summed E-state index contributed by atoms with van der Waals surface area (Å²) in [5.41, 5.74) is 8.21. The van der Waals surface area contributed by atoms with E-state index in [4.69, 9.17) is 33.2 Å². The standard InChI is InChI=1S/C35H30Cl2N2.CH3Cl/c1-25-14-17-30(18-15-25)32-20-29(21-33(22-32)34(27(3)37)19-16-26(2)36)24-39-35(31-12-8-5-9-13-31)38-23-28-10-6-4-7-11-28;1-2/h4-22,24H,2,23H2,1,3H3;1H3/b19-16-,34-27-,38-35?,39-24?;. The van der Waals surface area contributed by atoms with E-state index in [1.165, 1.54) is 11.9 Å². The maximum atomic E-state index is 6.54. The average Bonchev–Trinajstić information content (AvgIpc) is 2.99. The lowest BCUT2D eigenvalue weighted by Crippen LogP contribution is -2.00. The molecule has 4 rings (SSSR count). The van der Waals surface area contributed by atoms with Gasteiger partial charge >= 0.3 is 0 Å². The van der Waals surface area contributed by atoms with Gasteiger partial charge in [0.25, 0.3) is 0 Å². The molecule has 0 radical (unpaired) electrons. The van der Waals surface area contributed by atoms with Gasteiger partial charge in [-0.15, -0.1) is 11.6 Å². The molecule has 0 atom stereocenters. The van der Waals surface area contributed by atoms with Gasteiger partial charge in [-0.2, -0.15) is 0 Å².